The Balaban J connectivity index is 0.000000155. The molecule has 452 valence electrons. The van der Waals surface area contributed by atoms with E-state index in [0.29, 0.717) is 126 Å². The van der Waals surface area contributed by atoms with Crippen molar-refractivity contribution in [2.45, 2.75) is 99.8 Å². The van der Waals surface area contributed by atoms with Gasteiger partial charge >= 0.3 is 5.97 Å². The first-order chi connectivity index (χ1) is 40.9. The smallest absolute Gasteiger partial charge is 0.359 e. The molecule has 3 fully saturated rings. The number of carbonyl (C=O) groups is 6. The molecule has 3 saturated heterocycles. The molecule has 25 heteroatoms. The standard InChI is InChI=1S/C22H23N3O5.2C20H20N4O4.H3N/c1-3-30-20(27)18-16-7-8-17(26)19(16)25(23-18)15-6-4-5-14(13-15)9-10-22(29)11-12-24(2)21(22)28;2*1-23-10-9-20(28,19(23)27)8-7-12-3-2-4-13(11-12)24-17-14(5-6-15(17)25)16(22-24)18(21)26;/h4-6,13,17,26,29H,3,7-8,11-12H2,1-2H3;2*2-4,11,15,25,28H,5-6,9-10H2,1H3,(H2,21,26);1H3/t17?,22-;15-,20+;15-,20-;/m010./s1. The van der Waals surface area contributed by atoms with Crippen molar-refractivity contribution in [3.8, 4) is 52.6 Å². The van der Waals surface area contributed by atoms with Crippen LogP contribution in [-0.4, -0.2) is 174 Å². The summed E-state index contributed by atoms with van der Waals surface area (Å²) in [5.41, 5.74) is 13.7. The molecule has 0 spiro atoms. The van der Waals surface area contributed by atoms with Gasteiger partial charge in [-0.05, 0) is 100 Å². The minimum absolute atomic E-state index is 0. The van der Waals surface area contributed by atoms with Gasteiger partial charge in [0.15, 0.2) is 17.1 Å². The van der Waals surface area contributed by atoms with Gasteiger partial charge in [0.2, 0.25) is 16.8 Å². The summed E-state index contributed by atoms with van der Waals surface area (Å²) in [5.74, 6) is 13.6. The molecule has 25 nitrogen and oxygen atoms in total. The van der Waals surface area contributed by atoms with Crippen molar-refractivity contribution < 1.29 is 64.1 Å². The lowest BCUT2D eigenvalue weighted by molar-refractivity contribution is -0.138. The van der Waals surface area contributed by atoms with Crippen molar-refractivity contribution in [2.24, 2.45) is 11.5 Å². The summed E-state index contributed by atoms with van der Waals surface area (Å²) in [7, 11) is 4.89. The number of benzene rings is 3. The van der Waals surface area contributed by atoms with Crippen LogP contribution in [0.5, 0.6) is 0 Å². The fraction of sp³-hybridized carbons (Fsp3) is 0.371. The van der Waals surface area contributed by atoms with E-state index in [-0.39, 0.29) is 49.1 Å². The molecule has 3 aliphatic heterocycles. The third kappa shape index (κ3) is 12.0. The van der Waals surface area contributed by atoms with Gasteiger partial charge < -0.3 is 67.7 Å². The van der Waals surface area contributed by atoms with Gasteiger partial charge in [-0.25, -0.2) is 18.8 Å². The van der Waals surface area contributed by atoms with Crippen molar-refractivity contribution in [2.75, 3.05) is 47.4 Å². The summed E-state index contributed by atoms with van der Waals surface area (Å²) < 4.78 is 9.68. The highest BCUT2D eigenvalue weighted by Gasteiger charge is 2.45. The Hall–Kier alpha value is -9.49. The molecule has 3 aromatic carbocycles. The van der Waals surface area contributed by atoms with Gasteiger partial charge in [0.1, 0.15) is 0 Å². The lowest BCUT2D eigenvalue weighted by Crippen LogP contribution is -2.37. The number of ether oxygens (including phenoxy) is 1. The Morgan fingerprint density at radius 2 is 0.839 bits per heavy atom. The molecule has 6 aliphatic rings. The number of fused-ring (bicyclic) bond motifs is 3. The molecule has 3 aliphatic carbocycles. The molecule has 6 atom stereocenters. The maximum absolute atomic E-state index is 12.3. The van der Waals surface area contributed by atoms with Crippen LogP contribution in [0.15, 0.2) is 72.8 Å². The third-order valence-electron chi connectivity index (χ3n) is 16.0. The fourth-order valence-corrected chi connectivity index (χ4v) is 11.3. The van der Waals surface area contributed by atoms with E-state index in [1.165, 1.54) is 24.1 Å². The number of carbonyl (C=O) groups excluding carboxylic acids is 6. The molecule has 5 amide bonds. The van der Waals surface area contributed by atoms with Crippen LogP contribution in [0.2, 0.25) is 0 Å². The monoisotopic (exact) mass is 1190 g/mol. The first kappa shape index (κ1) is 62.1. The van der Waals surface area contributed by atoms with Crippen LogP contribution in [0.3, 0.4) is 0 Å². The number of aliphatic hydroxyl groups excluding tert-OH is 3. The predicted molar refractivity (Wildman–Crippen MR) is 311 cm³/mol. The van der Waals surface area contributed by atoms with Crippen molar-refractivity contribution in [3.05, 3.63) is 140 Å². The second kappa shape index (κ2) is 24.5. The van der Waals surface area contributed by atoms with Crippen molar-refractivity contribution in [3.63, 3.8) is 0 Å². The van der Waals surface area contributed by atoms with Gasteiger partial charge in [-0.15, -0.1) is 0 Å². The number of aliphatic hydroxyl groups is 6. The van der Waals surface area contributed by atoms with Gasteiger partial charge in [-0.1, -0.05) is 53.7 Å². The lowest BCUT2D eigenvalue weighted by Gasteiger charge is -2.13. The van der Waals surface area contributed by atoms with Crippen LogP contribution in [0.4, 0.5) is 0 Å². The highest BCUT2D eigenvalue weighted by molar-refractivity contribution is 5.94. The molecular formula is C62H66N12O13. The number of nitrogens with zero attached hydrogens (tertiary/aromatic N) is 9. The highest BCUT2D eigenvalue weighted by atomic mass is 16.5. The molecular weight excluding hydrogens is 1120 g/mol. The Kier molecular flexibility index (Phi) is 17.5. The lowest BCUT2D eigenvalue weighted by atomic mass is 10.0. The third-order valence-corrected chi connectivity index (χ3v) is 16.0. The summed E-state index contributed by atoms with van der Waals surface area (Å²) in [6, 6.07) is 21.1. The molecule has 6 heterocycles. The van der Waals surface area contributed by atoms with E-state index < -0.39 is 70.6 Å². The zero-order valence-electron chi connectivity index (χ0n) is 48.3. The largest absolute Gasteiger partial charge is 0.461 e. The number of hydrogen-bond acceptors (Lipinski definition) is 17. The van der Waals surface area contributed by atoms with E-state index in [9.17, 15) is 59.4 Å². The normalized spacial score (nSPS) is 22.9. The number of amides is 5. The van der Waals surface area contributed by atoms with Crippen molar-refractivity contribution in [1.29, 1.82) is 0 Å². The number of rotatable bonds is 7. The fourth-order valence-electron chi connectivity index (χ4n) is 11.3. The SMILES string of the molecule is CCOC(=O)c1nn(-c2cccc(C#C[C@]3(O)CCN(C)C3=O)c2)c2c1CCC2O.CN1CC[C@@](O)(C#Cc2cccc(-n3nc(C(N)=O)c4c3[C@@H](O)CC4)c2)C1=O.CN1CC[C@@](O)(C#Cc2cccc(-n3nc(C(N)=O)c4c3[C@H](O)CC4)c2)C1=O.N. The Labute approximate surface area is 499 Å². The van der Waals surface area contributed by atoms with E-state index in [1.807, 2.05) is 0 Å². The van der Waals surface area contributed by atoms with Crippen LogP contribution in [0.25, 0.3) is 17.1 Å². The molecule has 6 aromatic rings. The zero-order valence-corrected chi connectivity index (χ0v) is 48.3. The second-order valence-corrected chi connectivity index (χ2v) is 21.9. The molecule has 87 heavy (non-hydrogen) atoms. The van der Waals surface area contributed by atoms with Gasteiger partial charge in [-0.3, -0.25) is 24.0 Å². The molecule has 1 unspecified atom stereocenters. The summed E-state index contributed by atoms with van der Waals surface area (Å²) in [6.45, 7) is 3.34. The first-order valence-electron chi connectivity index (χ1n) is 27.9. The minimum Gasteiger partial charge on any atom is -0.461 e. The first-order valence-corrected chi connectivity index (χ1v) is 27.9. The predicted octanol–water partition coefficient (Wildman–Crippen LogP) is 0.926. The molecule has 0 radical (unpaired) electrons. The van der Waals surface area contributed by atoms with Gasteiger partial charge in [0.25, 0.3) is 29.5 Å². The van der Waals surface area contributed by atoms with Gasteiger partial charge in [0, 0.05) is 93.4 Å². The maximum atomic E-state index is 12.3. The number of esters is 1. The van der Waals surface area contributed by atoms with Crippen LogP contribution in [-0.2, 0) is 38.4 Å². The number of likely N-dealkylation sites (N-methyl/N-ethyl adjacent to an activating group) is 3. The van der Waals surface area contributed by atoms with Gasteiger partial charge in [-0.2, -0.15) is 15.3 Å². The minimum atomic E-state index is -1.68. The average Bonchev–Trinajstić information content (AvgIpc) is 1.75. The summed E-state index contributed by atoms with van der Waals surface area (Å²) in [4.78, 5) is 76.3. The maximum Gasteiger partial charge on any atom is 0.359 e. The highest BCUT2D eigenvalue weighted by Crippen LogP contribution is 2.38. The Morgan fingerprint density at radius 1 is 0.540 bits per heavy atom. The van der Waals surface area contributed by atoms with Crippen LogP contribution >= 0.6 is 0 Å². The average molecular weight is 1190 g/mol. The molecule has 13 N–H and O–H groups in total. The molecule has 3 aromatic heterocycles. The number of nitrogens with two attached hydrogens (primary N) is 2. The second-order valence-electron chi connectivity index (χ2n) is 21.9. The number of likely N-dealkylation sites (tertiary alicyclic amines) is 3. The molecule has 0 bridgehead atoms. The quantitative estimate of drug-likeness (QED) is 0.0793. The number of hydrogen-bond donors (Lipinski definition) is 9. The van der Waals surface area contributed by atoms with Gasteiger partial charge in [0.05, 0.1) is 59.1 Å². The summed E-state index contributed by atoms with van der Waals surface area (Å²) in [5, 5.41) is 75.4. The summed E-state index contributed by atoms with van der Waals surface area (Å²) >= 11 is 0. The number of primary amides is 2. The Bertz CT molecular complexity index is 3820. The number of aromatic nitrogens is 6. The van der Waals surface area contributed by atoms with Crippen molar-refractivity contribution >= 4 is 35.5 Å². The van der Waals surface area contributed by atoms with E-state index in [2.05, 4.69) is 50.8 Å². The van der Waals surface area contributed by atoms with E-state index in [4.69, 9.17) is 16.2 Å². The van der Waals surface area contributed by atoms with Crippen LogP contribution in [0.1, 0.15) is 146 Å². The molecule has 12 rings (SSSR count). The van der Waals surface area contributed by atoms with Crippen LogP contribution < -0.4 is 17.6 Å². The Morgan fingerprint density at radius 3 is 1.11 bits per heavy atom. The topological polar surface area (TPSA) is 383 Å². The zero-order chi connectivity index (χ0) is 61.6. The van der Waals surface area contributed by atoms with E-state index in [1.54, 1.807) is 106 Å². The van der Waals surface area contributed by atoms with E-state index >= 15 is 0 Å². The van der Waals surface area contributed by atoms with Crippen molar-refractivity contribution in [1.82, 2.24) is 50.2 Å². The summed E-state index contributed by atoms with van der Waals surface area (Å²) in [6.07, 6.45) is 1.77. The molecule has 0 saturated carbocycles. The van der Waals surface area contributed by atoms with E-state index in [0.717, 1.165) is 0 Å². The van der Waals surface area contributed by atoms with Crippen LogP contribution in [0, 0.1) is 35.5 Å².